The van der Waals surface area contributed by atoms with E-state index in [0.717, 1.165) is 19.3 Å². The van der Waals surface area contributed by atoms with E-state index in [1.165, 1.54) is 0 Å². The Bertz CT molecular complexity index is 309. The summed E-state index contributed by atoms with van der Waals surface area (Å²) in [6.45, 7) is 0.861. The molecular weight excluding hydrogens is 194 g/mol. The minimum Gasteiger partial charge on any atom is -0.396 e. The van der Waals surface area contributed by atoms with Crippen molar-refractivity contribution in [2.24, 2.45) is 7.05 Å². The third-order valence-electron chi connectivity index (χ3n) is 2.17. The van der Waals surface area contributed by atoms with Crippen molar-refractivity contribution in [3.8, 4) is 0 Å². The Morgan fingerprint density at radius 3 is 2.93 bits per heavy atom. The van der Waals surface area contributed by atoms with Crippen molar-refractivity contribution >= 4 is 5.91 Å². The molecule has 0 fully saturated rings. The average Bonchev–Trinajstić information content (AvgIpc) is 2.64. The molecule has 0 aromatic carbocycles. The maximum Gasteiger partial charge on any atom is 0.269 e. The number of nitrogens with zero attached hydrogens (tertiary/aromatic N) is 2. The molecule has 0 aliphatic carbocycles. The molecule has 1 heterocycles. The zero-order valence-electron chi connectivity index (χ0n) is 8.94. The van der Waals surface area contributed by atoms with Crippen molar-refractivity contribution in [3.05, 3.63) is 18.0 Å². The van der Waals surface area contributed by atoms with Gasteiger partial charge in [-0.1, -0.05) is 0 Å². The molecule has 5 heteroatoms. The fraction of sp³-hybridized carbons (Fsp3) is 0.600. The van der Waals surface area contributed by atoms with Crippen molar-refractivity contribution in [1.82, 2.24) is 15.1 Å². The molecule has 0 aliphatic rings. The van der Waals surface area contributed by atoms with Crippen molar-refractivity contribution in [2.45, 2.75) is 19.3 Å². The smallest absolute Gasteiger partial charge is 0.269 e. The lowest BCUT2D eigenvalue weighted by Crippen LogP contribution is -2.26. The summed E-state index contributed by atoms with van der Waals surface area (Å²) in [6.07, 6.45) is 4.22. The van der Waals surface area contributed by atoms with E-state index in [2.05, 4.69) is 10.4 Å². The van der Waals surface area contributed by atoms with Crippen LogP contribution in [-0.4, -0.2) is 33.9 Å². The SMILES string of the molecule is Cn1nccc1C(=O)NCCCCCO. The number of rotatable bonds is 6. The summed E-state index contributed by atoms with van der Waals surface area (Å²) in [5.41, 5.74) is 0.567. The predicted molar refractivity (Wildman–Crippen MR) is 56.5 cm³/mol. The summed E-state index contributed by atoms with van der Waals surface area (Å²) in [7, 11) is 1.74. The van der Waals surface area contributed by atoms with E-state index in [1.54, 1.807) is 24.0 Å². The first-order chi connectivity index (χ1) is 7.25. The van der Waals surface area contributed by atoms with E-state index in [9.17, 15) is 4.79 Å². The fourth-order valence-corrected chi connectivity index (χ4v) is 1.30. The van der Waals surface area contributed by atoms with Crippen LogP contribution in [0.3, 0.4) is 0 Å². The number of aliphatic hydroxyl groups excluding tert-OH is 1. The molecule has 5 nitrogen and oxygen atoms in total. The Hall–Kier alpha value is -1.36. The van der Waals surface area contributed by atoms with Crippen LogP contribution in [0, 0.1) is 0 Å². The van der Waals surface area contributed by atoms with Crippen LogP contribution in [-0.2, 0) is 7.05 Å². The third kappa shape index (κ3) is 3.71. The molecule has 1 amide bonds. The predicted octanol–water partition coefficient (Wildman–Crippen LogP) is 0.312. The first-order valence-electron chi connectivity index (χ1n) is 5.12. The zero-order valence-corrected chi connectivity index (χ0v) is 8.94. The van der Waals surface area contributed by atoms with Gasteiger partial charge >= 0.3 is 0 Å². The summed E-state index contributed by atoms with van der Waals surface area (Å²) < 4.78 is 1.54. The van der Waals surface area contributed by atoms with Crippen LogP contribution >= 0.6 is 0 Å². The van der Waals surface area contributed by atoms with Crippen molar-refractivity contribution in [3.63, 3.8) is 0 Å². The van der Waals surface area contributed by atoms with Crippen LogP contribution < -0.4 is 5.32 Å². The van der Waals surface area contributed by atoms with Crippen molar-refractivity contribution in [2.75, 3.05) is 13.2 Å². The minimum atomic E-state index is -0.0981. The molecule has 0 unspecified atom stereocenters. The fourth-order valence-electron chi connectivity index (χ4n) is 1.30. The highest BCUT2D eigenvalue weighted by atomic mass is 16.2. The summed E-state index contributed by atoms with van der Waals surface area (Å²) in [5, 5.41) is 15.3. The second-order valence-corrected chi connectivity index (χ2v) is 3.38. The molecule has 2 N–H and O–H groups in total. The van der Waals surface area contributed by atoms with Crippen LogP contribution in [0.25, 0.3) is 0 Å². The highest BCUT2D eigenvalue weighted by Crippen LogP contribution is 1.97. The van der Waals surface area contributed by atoms with Gasteiger partial charge in [0.1, 0.15) is 5.69 Å². The Labute approximate surface area is 89.1 Å². The Morgan fingerprint density at radius 2 is 2.33 bits per heavy atom. The lowest BCUT2D eigenvalue weighted by Gasteiger charge is -2.04. The molecule has 0 saturated heterocycles. The first kappa shape index (κ1) is 11.7. The lowest BCUT2D eigenvalue weighted by molar-refractivity contribution is 0.0943. The van der Waals surface area contributed by atoms with Gasteiger partial charge in [-0.2, -0.15) is 5.10 Å². The standard InChI is InChI=1S/C10H17N3O2/c1-13-9(5-7-12-13)10(15)11-6-3-2-4-8-14/h5,7,14H,2-4,6,8H2,1H3,(H,11,15). The number of nitrogens with one attached hydrogen (secondary N) is 1. The van der Waals surface area contributed by atoms with Crippen LogP contribution in [0.15, 0.2) is 12.3 Å². The van der Waals surface area contributed by atoms with Crippen LogP contribution in [0.5, 0.6) is 0 Å². The normalized spacial score (nSPS) is 10.3. The van der Waals surface area contributed by atoms with E-state index >= 15 is 0 Å². The van der Waals surface area contributed by atoms with Gasteiger partial charge in [-0.3, -0.25) is 9.48 Å². The van der Waals surface area contributed by atoms with Gasteiger partial charge in [-0.15, -0.1) is 0 Å². The Morgan fingerprint density at radius 1 is 1.53 bits per heavy atom. The van der Waals surface area contributed by atoms with Crippen LogP contribution in [0.2, 0.25) is 0 Å². The van der Waals surface area contributed by atoms with E-state index < -0.39 is 0 Å². The number of hydrogen-bond acceptors (Lipinski definition) is 3. The maximum absolute atomic E-state index is 11.5. The highest BCUT2D eigenvalue weighted by Gasteiger charge is 2.07. The highest BCUT2D eigenvalue weighted by molar-refractivity contribution is 5.92. The molecule has 1 aromatic rings. The molecule has 0 aliphatic heterocycles. The molecule has 1 aromatic heterocycles. The average molecular weight is 211 g/mol. The first-order valence-corrected chi connectivity index (χ1v) is 5.12. The molecule has 0 saturated carbocycles. The molecule has 0 spiro atoms. The van der Waals surface area contributed by atoms with Gasteiger partial charge in [0.25, 0.3) is 5.91 Å². The number of aliphatic hydroxyl groups is 1. The molecular formula is C10H17N3O2. The van der Waals surface area contributed by atoms with Gasteiger partial charge in [0.15, 0.2) is 0 Å². The lowest BCUT2D eigenvalue weighted by atomic mass is 10.2. The molecule has 1 rings (SSSR count). The number of unbranched alkanes of at least 4 members (excludes halogenated alkanes) is 2. The number of aromatic nitrogens is 2. The van der Waals surface area contributed by atoms with Gasteiger partial charge in [-0.25, -0.2) is 0 Å². The summed E-state index contributed by atoms with van der Waals surface area (Å²) >= 11 is 0. The van der Waals surface area contributed by atoms with Crippen LogP contribution in [0.1, 0.15) is 29.8 Å². The summed E-state index contributed by atoms with van der Waals surface area (Å²) in [4.78, 5) is 11.5. The summed E-state index contributed by atoms with van der Waals surface area (Å²) in [5.74, 6) is -0.0981. The quantitative estimate of drug-likeness (QED) is 0.666. The maximum atomic E-state index is 11.5. The van der Waals surface area contributed by atoms with Gasteiger partial charge in [0.2, 0.25) is 0 Å². The number of amides is 1. The van der Waals surface area contributed by atoms with Gasteiger partial charge in [-0.05, 0) is 25.3 Å². The second-order valence-electron chi connectivity index (χ2n) is 3.38. The number of carbonyl (C=O) groups excluding carboxylic acids is 1. The summed E-state index contributed by atoms with van der Waals surface area (Å²) in [6, 6.07) is 1.68. The van der Waals surface area contributed by atoms with E-state index in [-0.39, 0.29) is 12.5 Å². The Kier molecular flexibility index (Phi) is 4.83. The zero-order chi connectivity index (χ0) is 11.1. The molecule has 0 bridgehead atoms. The molecule has 84 valence electrons. The monoisotopic (exact) mass is 211 g/mol. The van der Waals surface area contributed by atoms with E-state index in [4.69, 9.17) is 5.11 Å². The molecule has 15 heavy (non-hydrogen) atoms. The van der Waals surface area contributed by atoms with Crippen molar-refractivity contribution in [1.29, 1.82) is 0 Å². The van der Waals surface area contributed by atoms with Gasteiger partial charge in [0, 0.05) is 26.4 Å². The number of hydrogen-bond donors (Lipinski definition) is 2. The van der Waals surface area contributed by atoms with Crippen LogP contribution in [0.4, 0.5) is 0 Å². The van der Waals surface area contributed by atoms with Gasteiger partial charge in [0.05, 0.1) is 0 Å². The topological polar surface area (TPSA) is 67.2 Å². The largest absolute Gasteiger partial charge is 0.396 e. The van der Waals surface area contributed by atoms with E-state index in [0.29, 0.717) is 12.2 Å². The second kappa shape index (κ2) is 6.19. The number of carbonyl (C=O) groups is 1. The minimum absolute atomic E-state index is 0.0981. The van der Waals surface area contributed by atoms with Gasteiger partial charge < -0.3 is 10.4 Å². The number of aryl methyl sites for hydroxylation is 1. The molecule has 0 radical (unpaired) electrons. The van der Waals surface area contributed by atoms with Crippen molar-refractivity contribution < 1.29 is 9.90 Å². The molecule has 0 atom stereocenters. The Balaban J connectivity index is 2.22. The third-order valence-corrected chi connectivity index (χ3v) is 2.17. The van der Waals surface area contributed by atoms with E-state index in [1.807, 2.05) is 0 Å².